The lowest BCUT2D eigenvalue weighted by atomic mass is 10.3. The molecule has 0 spiro atoms. The number of hydrogen-bond donors (Lipinski definition) is 0. The van der Waals surface area contributed by atoms with Crippen molar-refractivity contribution in [3.8, 4) is 0 Å². The Morgan fingerprint density at radius 1 is 0.875 bits per heavy atom. The van der Waals surface area contributed by atoms with Crippen LogP contribution in [0.3, 0.4) is 0 Å². The van der Waals surface area contributed by atoms with Gasteiger partial charge in [-0.2, -0.15) is 0 Å². The summed E-state index contributed by atoms with van der Waals surface area (Å²) in [5.74, 6) is 1.07. The molecule has 1 aromatic heterocycles. The molecule has 0 amide bonds. The van der Waals surface area contributed by atoms with Gasteiger partial charge < -0.3 is 9.80 Å². The zero-order chi connectivity index (χ0) is 12.0. The zero-order valence-electron chi connectivity index (χ0n) is 10.9. The Morgan fingerprint density at radius 2 is 1.44 bits per heavy atom. The third-order valence-corrected chi connectivity index (χ3v) is 2.95. The number of rotatable bonds is 6. The maximum atomic E-state index is 4.52. The highest BCUT2D eigenvalue weighted by atomic mass is 15.2. The van der Waals surface area contributed by atoms with Gasteiger partial charge in [0.1, 0.15) is 5.82 Å². The Bertz CT molecular complexity index is 256. The fourth-order valence-electron chi connectivity index (χ4n) is 1.89. The van der Waals surface area contributed by atoms with Crippen LogP contribution in [0.15, 0.2) is 18.3 Å². The molecular formula is C13H23N3. The maximum absolute atomic E-state index is 4.52. The molecule has 0 unspecified atom stereocenters. The molecule has 0 N–H and O–H groups in total. The van der Waals surface area contributed by atoms with Gasteiger partial charge in [-0.1, -0.05) is 0 Å². The van der Waals surface area contributed by atoms with Gasteiger partial charge in [-0.25, -0.2) is 4.98 Å². The van der Waals surface area contributed by atoms with Gasteiger partial charge in [-0.15, -0.1) is 0 Å². The van der Waals surface area contributed by atoms with Gasteiger partial charge in [0, 0.05) is 26.2 Å². The minimum absolute atomic E-state index is 1.01. The van der Waals surface area contributed by atoms with Crippen LogP contribution in [-0.4, -0.2) is 31.2 Å². The van der Waals surface area contributed by atoms with Gasteiger partial charge in [-0.05, 0) is 39.8 Å². The van der Waals surface area contributed by atoms with Crippen molar-refractivity contribution < 1.29 is 0 Å². The van der Waals surface area contributed by atoms with E-state index in [9.17, 15) is 0 Å². The summed E-state index contributed by atoms with van der Waals surface area (Å²) in [7, 11) is 0. The molecule has 1 heterocycles. The van der Waals surface area contributed by atoms with Crippen LogP contribution in [0.1, 0.15) is 27.7 Å². The van der Waals surface area contributed by atoms with E-state index in [0.717, 1.165) is 32.0 Å². The van der Waals surface area contributed by atoms with Crippen molar-refractivity contribution in [3.05, 3.63) is 18.3 Å². The minimum Gasteiger partial charge on any atom is -0.371 e. The van der Waals surface area contributed by atoms with E-state index in [4.69, 9.17) is 0 Å². The summed E-state index contributed by atoms with van der Waals surface area (Å²) in [6.07, 6.45) is 1.97. The van der Waals surface area contributed by atoms with Crippen LogP contribution < -0.4 is 9.80 Å². The van der Waals surface area contributed by atoms with Crippen molar-refractivity contribution >= 4 is 11.5 Å². The molecule has 90 valence electrons. The number of nitrogens with zero attached hydrogens (tertiary/aromatic N) is 3. The van der Waals surface area contributed by atoms with E-state index >= 15 is 0 Å². The molecule has 0 fully saturated rings. The normalized spacial score (nSPS) is 10.2. The highest BCUT2D eigenvalue weighted by molar-refractivity contribution is 5.50. The van der Waals surface area contributed by atoms with Crippen molar-refractivity contribution in [2.75, 3.05) is 36.0 Å². The molecule has 0 aliphatic heterocycles. The number of pyridine rings is 1. The number of hydrogen-bond acceptors (Lipinski definition) is 3. The summed E-state index contributed by atoms with van der Waals surface area (Å²) in [4.78, 5) is 9.08. The quantitative estimate of drug-likeness (QED) is 0.736. The predicted molar refractivity (Wildman–Crippen MR) is 71.4 cm³/mol. The zero-order valence-corrected chi connectivity index (χ0v) is 10.9. The fourth-order valence-corrected chi connectivity index (χ4v) is 1.89. The fraction of sp³-hybridized carbons (Fsp3) is 0.615. The molecule has 0 aliphatic carbocycles. The summed E-state index contributed by atoms with van der Waals surface area (Å²) < 4.78 is 0. The molecule has 0 aromatic carbocycles. The van der Waals surface area contributed by atoms with Crippen molar-refractivity contribution in [2.24, 2.45) is 0 Å². The Kier molecular flexibility index (Phi) is 5.09. The molecule has 1 aromatic rings. The standard InChI is InChI=1S/C13H23N3/c1-5-15(6-2)12-9-10-13(14-11-12)16(7-3)8-4/h9-11H,5-8H2,1-4H3. The molecule has 0 bridgehead atoms. The lowest BCUT2D eigenvalue weighted by molar-refractivity contribution is 0.836. The van der Waals surface area contributed by atoms with E-state index in [1.54, 1.807) is 0 Å². The van der Waals surface area contributed by atoms with Crippen molar-refractivity contribution in [2.45, 2.75) is 27.7 Å². The molecular weight excluding hydrogens is 198 g/mol. The summed E-state index contributed by atoms with van der Waals surface area (Å²) in [5.41, 5.74) is 1.21. The summed E-state index contributed by atoms with van der Waals surface area (Å²) in [6.45, 7) is 12.7. The monoisotopic (exact) mass is 221 g/mol. The SMILES string of the molecule is CCN(CC)c1ccc(N(CC)CC)nc1. The Hall–Kier alpha value is -1.25. The third-order valence-electron chi connectivity index (χ3n) is 2.95. The summed E-state index contributed by atoms with van der Waals surface area (Å²) in [6, 6.07) is 4.27. The van der Waals surface area contributed by atoms with Gasteiger partial charge >= 0.3 is 0 Å². The molecule has 0 atom stereocenters. The van der Waals surface area contributed by atoms with E-state index in [-0.39, 0.29) is 0 Å². The first-order valence-electron chi connectivity index (χ1n) is 6.22. The van der Waals surface area contributed by atoms with Gasteiger partial charge in [0.15, 0.2) is 0 Å². The van der Waals surface area contributed by atoms with Crippen LogP contribution in [0, 0.1) is 0 Å². The molecule has 0 radical (unpaired) electrons. The van der Waals surface area contributed by atoms with Gasteiger partial charge in [-0.3, -0.25) is 0 Å². The van der Waals surface area contributed by atoms with E-state index in [2.05, 4.69) is 54.6 Å². The number of anilines is 2. The van der Waals surface area contributed by atoms with Crippen molar-refractivity contribution in [3.63, 3.8) is 0 Å². The first kappa shape index (κ1) is 12.8. The Balaban J connectivity index is 2.81. The Morgan fingerprint density at radius 3 is 1.81 bits per heavy atom. The smallest absolute Gasteiger partial charge is 0.128 e. The van der Waals surface area contributed by atoms with E-state index in [1.807, 2.05) is 6.20 Å². The van der Waals surface area contributed by atoms with E-state index in [1.165, 1.54) is 5.69 Å². The molecule has 0 aliphatic rings. The molecule has 1 rings (SSSR count). The molecule has 16 heavy (non-hydrogen) atoms. The lowest BCUT2D eigenvalue weighted by Gasteiger charge is -2.23. The average Bonchev–Trinajstić information content (AvgIpc) is 2.34. The first-order valence-corrected chi connectivity index (χ1v) is 6.22. The topological polar surface area (TPSA) is 19.4 Å². The molecule has 0 saturated carbocycles. The summed E-state index contributed by atoms with van der Waals surface area (Å²) >= 11 is 0. The molecule has 0 saturated heterocycles. The van der Waals surface area contributed by atoms with Gasteiger partial charge in [0.05, 0.1) is 11.9 Å². The largest absolute Gasteiger partial charge is 0.371 e. The highest BCUT2D eigenvalue weighted by Gasteiger charge is 2.05. The van der Waals surface area contributed by atoms with Crippen LogP contribution >= 0.6 is 0 Å². The van der Waals surface area contributed by atoms with Crippen molar-refractivity contribution in [1.29, 1.82) is 0 Å². The van der Waals surface area contributed by atoms with Gasteiger partial charge in [0.25, 0.3) is 0 Å². The third kappa shape index (κ3) is 2.87. The van der Waals surface area contributed by atoms with Crippen LogP contribution in [-0.2, 0) is 0 Å². The second-order valence-electron chi connectivity index (χ2n) is 3.72. The van der Waals surface area contributed by atoms with E-state index in [0.29, 0.717) is 0 Å². The maximum Gasteiger partial charge on any atom is 0.128 e. The van der Waals surface area contributed by atoms with Gasteiger partial charge in [0.2, 0.25) is 0 Å². The summed E-state index contributed by atoms with van der Waals surface area (Å²) in [5, 5.41) is 0. The molecule has 3 heteroatoms. The number of aromatic nitrogens is 1. The second-order valence-corrected chi connectivity index (χ2v) is 3.72. The molecule has 3 nitrogen and oxygen atoms in total. The van der Waals surface area contributed by atoms with E-state index < -0.39 is 0 Å². The lowest BCUT2D eigenvalue weighted by Crippen LogP contribution is -2.24. The van der Waals surface area contributed by atoms with Crippen LogP contribution in [0.4, 0.5) is 11.5 Å². The predicted octanol–water partition coefficient (Wildman–Crippen LogP) is 2.77. The van der Waals surface area contributed by atoms with Crippen LogP contribution in [0.25, 0.3) is 0 Å². The minimum atomic E-state index is 1.01. The van der Waals surface area contributed by atoms with Crippen LogP contribution in [0.2, 0.25) is 0 Å². The van der Waals surface area contributed by atoms with Crippen molar-refractivity contribution in [1.82, 2.24) is 4.98 Å². The Labute approximate surface area is 99.1 Å². The second kappa shape index (κ2) is 6.36. The van der Waals surface area contributed by atoms with Crippen LogP contribution in [0.5, 0.6) is 0 Å². The first-order chi connectivity index (χ1) is 7.76. The highest BCUT2D eigenvalue weighted by Crippen LogP contribution is 2.17. The average molecular weight is 221 g/mol.